The number of likely N-dealkylation sites (tertiary alicyclic amines) is 1. The minimum atomic E-state index is -2.69. The molecule has 3 aromatic rings. The average molecular weight is 541 g/mol. The van der Waals surface area contributed by atoms with Crippen molar-refractivity contribution in [2.45, 2.75) is 78.0 Å². The summed E-state index contributed by atoms with van der Waals surface area (Å²) in [5, 5.41) is 3.00. The summed E-state index contributed by atoms with van der Waals surface area (Å²) in [7, 11) is 0. The molecule has 2 fully saturated rings. The molecule has 0 bridgehead atoms. The molecule has 0 radical (unpaired) electrons. The van der Waals surface area contributed by atoms with Crippen LogP contribution in [0.2, 0.25) is 0 Å². The molecule has 0 unspecified atom stereocenters. The van der Waals surface area contributed by atoms with E-state index in [-0.39, 0.29) is 17.3 Å². The molecule has 1 N–H and O–H groups in total. The van der Waals surface area contributed by atoms with Crippen molar-refractivity contribution < 1.29 is 18.3 Å². The van der Waals surface area contributed by atoms with Crippen LogP contribution in [-0.4, -0.2) is 68.7 Å². The van der Waals surface area contributed by atoms with Gasteiger partial charge in [0.05, 0.1) is 11.2 Å². The van der Waals surface area contributed by atoms with E-state index >= 15 is 0 Å². The van der Waals surface area contributed by atoms with Crippen LogP contribution in [0, 0.1) is 13.8 Å². The van der Waals surface area contributed by atoms with Crippen molar-refractivity contribution in [2.24, 2.45) is 0 Å². The lowest BCUT2D eigenvalue weighted by atomic mass is 9.88. The molecular formula is C29H38F2N6O2. The molecule has 10 heteroatoms. The average Bonchev–Trinajstić information content (AvgIpc) is 3.21. The Kier molecular flexibility index (Phi) is 7.03. The third-order valence-corrected chi connectivity index (χ3v) is 7.50. The Labute approximate surface area is 228 Å². The first-order valence-electron chi connectivity index (χ1n) is 13.6. The van der Waals surface area contributed by atoms with Crippen molar-refractivity contribution in [3.8, 4) is 11.1 Å². The summed E-state index contributed by atoms with van der Waals surface area (Å²) >= 11 is 0. The largest absolute Gasteiger partial charge is 0.444 e. The Morgan fingerprint density at radius 2 is 1.82 bits per heavy atom. The highest BCUT2D eigenvalue weighted by molar-refractivity contribution is 5.71. The number of aromatic nitrogens is 3. The Balaban J connectivity index is 1.23. The lowest BCUT2D eigenvalue weighted by Gasteiger charge is -2.53. The number of alkyl halides is 2. The van der Waals surface area contributed by atoms with Gasteiger partial charge in [-0.15, -0.1) is 0 Å². The number of nitrogens with zero attached hydrogens (tertiary/aromatic N) is 5. The number of hydrogen-bond acceptors (Lipinski definition) is 6. The van der Waals surface area contributed by atoms with Crippen LogP contribution >= 0.6 is 0 Å². The van der Waals surface area contributed by atoms with Gasteiger partial charge in [0.15, 0.2) is 0 Å². The number of amides is 1. The summed E-state index contributed by atoms with van der Waals surface area (Å²) in [4.78, 5) is 25.6. The highest BCUT2D eigenvalue weighted by atomic mass is 19.3. The Morgan fingerprint density at radius 3 is 2.46 bits per heavy atom. The van der Waals surface area contributed by atoms with Crippen molar-refractivity contribution in [1.82, 2.24) is 24.6 Å². The van der Waals surface area contributed by atoms with Crippen molar-refractivity contribution in [3.63, 3.8) is 0 Å². The van der Waals surface area contributed by atoms with Crippen LogP contribution in [-0.2, 0) is 4.74 Å². The molecule has 3 aromatic heterocycles. The molecule has 0 aliphatic carbocycles. The number of pyridine rings is 2. The van der Waals surface area contributed by atoms with Gasteiger partial charge in [0.2, 0.25) is 0 Å². The van der Waals surface area contributed by atoms with Gasteiger partial charge in [0.25, 0.3) is 6.43 Å². The first-order chi connectivity index (χ1) is 18.3. The number of halogens is 2. The quantitative estimate of drug-likeness (QED) is 0.460. The topological polar surface area (TPSA) is 75.0 Å². The smallest absolute Gasteiger partial charge is 0.408 e. The van der Waals surface area contributed by atoms with E-state index in [1.54, 1.807) is 6.07 Å². The summed E-state index contributed by atoms with van der Waals surface area (Å²) in [6.07, 6.45) is 2.48. The normalized spacial score (nSPS) is 18.4. The molecule has 0 saturated carbocycles. The maximum atomic E-state index is 14.2. The molecule has 0 spiro atoms. The second-order valence-corrected chi connectivity index (χ2v) is 12.2. The minimum Gasteiger partial charge on any atom is -0.444 e. The summed E-state index contributed by atoms with van der Waals surface area (Å²) in [5.41, 5.74) is 2.74. The predicted octanol–water partition coefficient (Wildman–Crippen LogP) is 5.52. The van der Waals surface area contributed by atoms with Crippen molar-refractivity contribution >= 4 is 17.6 Å². The van der Waals surface area contributed by atoms with Crippen LogP contribution in [0.4, 0.5) is 19.4 Å². The van der Waals surface area contributed by atoms with Gasteiger partial charge in [0, 0.05) is 55.7 Å². The zero-order valence-corrected chi connectivity index (χ0v) is 23.6. The lowest BCUT2D eigenvalue weighted by molar-refractivity contribution is -0.00610. The number of nitrogens with one attached hydrogen (secondary N) is 1. The van der Waals surface area contributed by atoms with E-state index in [1.165, 1.54) is 0 Å². The Hall–Kier alpha value is -3.27. The predicted molar refractivity (Wildman–Crippen MR) is 147 cm³/mol. The third-order valence-electron chi connectivity index (χ3n) is 7.50. The second-order valence-electron chi connectivity index (χ2n) is 12.2. The highest BCUT2D eigenvalue weighted by Crippen LogP contribution is 2.34. The third kappa shape index (κ3) is 5.85. The SMILES string of the molecule is Cc1cn2cc(-c3ccc(N4CCC(N5CC(C)(NC(=O)OC(C)(C)C)C5)CC4)nc3C(F)F)cc(C)c2n1. The van der Waals surface area contributed by atoms with Crippen LogP contribution < -0.4 is 10.2 Å². The molecule has 2 saturated heterocycles. The fraction of sp³-hybridized carbons (Fsp3) is 0.552. The number of imidazole rings is 1. The number of piperidine rings is 1. The number of carbonyl (C=O) groups excluding carboxylic acids is 1. The van der Waals surface area contributed by atoms with Gasteiger partial charge in [-0.25, -0.2) is 23.5 Å². The number of rotatable bonds is 5. The molecule has 39 heavy (non-hydrogen) atoms. The summed E-state index contributed by atoms with van der Waals surface area (Å²) in [5.74, 6) is 0.587. The van der Waals surface area contributed by atoms with Gasteiger partial charge in [-0.05, 0) is 78.1 Å². The molecular weight excluding hydrogens is 502 g/mol. The zero-order valence-electron chi connectivity index (χ0n) is 23.6. The fourth-order valence-electron chi connectivity index (χ4n) is 5.79. The molecule has 210 valence electrons. The van der Waals surface area contributed by atoms with Gasteiger partial charge < -0.3 is 19.4 Å². The molecule has 5 heterocycles. The van der Waals surface area contributed by atoms with E-state index in [4.69, 9.17) is 4.74 Å². The van der Waals surface area contributed by atoms with Crippen molar-refractivity contribution in [1.29, 1.82) is 0 Å². The van der Waals surface area contributed by atoms with Gasteiger partial charge >= 0.3 is 6.09 Å². The van der Waals surface area contributed by atoms with Crippen molar-refractivity contribution in [2.75, 3.05) is 31.1 Å². The van der Waals surface area contributed by atoms with Crippen LogP contribution in [0.3, 0.4) is 0 Å². The summed E-state index contributed by atoms with van der Waals surface area (Å²) in [6, 6.07) is 5.90. The minimum absolute atomic E-state index is 0.197. The lowest BCUT2D eigenvalue weighted by Crippen LogP contribution is -2.71. The monoisotopic (exact) mass is 540 g/mol. The molecule has 5 rings (SSSR count). The molecule has 8 nitrogen and oxygen atoms in total. The fourth-order valence-corrected chi connectivity index (χ4v) is 5.79. The Morgan fingerprint density at radius 1 is 1.13 bits per heavy atom. The van der Waals surface area contributed by atoms with E-state index in [0.717, 1.165) is 55.9 Å². The van der Waals surface area contributed by atoms with Crippen molar-refractivity contribution in [3.05, 3.63) is 47.5 Å². The van der Waals surface area contributed by atoms with Gasteiger partial charge in [-0.1, -0.05) is 0 Å². The molecule has 2 aliphatic heterocycles. The van der Waals surface area contributed by atoms with Gasteiger partial charge in [-0.3, -0.25) is 4.90 Å². The molecule has 0 atom stereocenters. The highest BCUT2D eigenvalue weighted by Gasteiger charge is 2.44. The molecule has 0 aromatic carbocycles. The number of ether oxygens (including phenoxy) is 1. The van der Waals surface area contributed by atoms with E-state index in [1.807, 2.05) is 70.5 Å². The van der Waals surface area contributed by atoms with E-state index in [0.29, 0.717) is 23.0 Å². The molecule has 1 amide bonds. The van der Waals surface area contributed by atoms with Gasteiger partial charge in [0.1, 0.15) is 22.8 Å². The zero-order chi connectivity index (χ0) is 28.1. The number of hydrogen-bond donors (Lipinski definition) is 1. The standard InChI is InChI=1S/C29H38F2N6O2/c1-18-13-20(15-36-14-19(2)32-26(18)36)22-7-8-23(33-24(22)25(30)31)35-11-9-21(10-12-35)37-16-29(6,17-37)34-27(38)39-28(3,4)5/h7-8,13-15,21,25H,9-12,16-17H2,1-6H3,(H,34,38). The van der Waals surface area contributed by atoms with Crippen LogP contribution in [0.5, 0.6) is 0 Å². The number of alkyl carbamates (subject to hydrolysis) is 1. The van der Waals surface area contributed by atoms with Gasteiger partial charge in [-0.2, -0.15) is 0 Å². The molecule has 2 aliphatic rings. The summed E-state index contributed by atoms with van der Waals surface area (Å²) < 4.78 is 35.7. The van der Waals surface area contributed by atoms with Crippen LogP contribution in [0.1, 0.15) is 63.9 Å². The second kappa shape index (κ2) is 10.0. The first kappa shape index (κ1) is 27.3. The van der Waals surface area contributed by atoms with E-state index in [9.17, 15) is 13.6 Å². The summed E-state index contributed by atoms with van der Waals surface area (Å²) in [6.45, 7) is 14.5. The number of anilines is 1. The van der Waals surface area contributed by atoms with E-state index < -0.39 is 12.0 Å². The maximum absolute atomic E-state index is 14.2. The maximum Gasteiger partial charge on any atom is 0.408 e. The van der Waals surface area contributed by atoms with Crippen LogP contribution in [0.15, 0.2) is 30.6 Å². The number of carbonyl (C=O) groups is 1. The number of fused-ring (bicyclic) bond motifs is 1. The van der Waals surface area contributed by atoms with Crippen LogP contribution in [0.25, 0.3) is 16.8 Å². The number of aryl methyl sites for hydroxylation is 2. The van der Waals surface area contributed by atoms with E-state index in [2.05, 4.69) is 25.1 Å². The Bertz CT molecular complexity index is 1370. The first-order valence-corrected chi connectivity index (χ1v) is 13.6.